The standard InChI is InChI=1S/C12H16BrNO2/c1-12(2,3)14(11(15)16)10-6-4-5-9(7-10)8-13/h4-7H,8H2,1-3H3,(H,15,16). The zero-order chi connectivity index (χ0) is 12.3. The Bertz CT molecular complexity index is 385. The molecule has 0 aliphatic heterocycles. The van der Waals surface area contributed by atoms with Gasteiger partial charge in [0.15, 0.2) is 0 Å². The van der Waals surface area contributed by atoms with Crippen molar-refractivity contribution in [2.24, 2.45) is 0 Å². The molecule has 0 fully saturated rings. The highest BCUT2D eigenvalue weighted by Gasteiger charge is 2.27. The number of halogens is 1. The van der Waals surface area contributed by atoms with E-state index in [1.54, 1.807) is 0 Å². The number of anilines is 1. The van der Waals surface area contributed by atoms with Crippen LogP contribution in [0.2, 0.25) is 0 Å². The fraction of sp³-hybridized carbons (Fsp3) is 0.417. The van der Waals surface area contributed by atoms with E-state index < -0.39 is 11.6 Å². The van der Waals surface area contributed by atoms with Gasteiger partial charge in [-0.2, -0.15) is 0 Å². The normalized spacial score (nSPS) is 11.2. The minimum atomic E-state index is -0.931. The fourth-order valence-corrected chi connectivity index (χ4v) is 1.91. The Balaban J connectivity index is 3.16. The van der Waals surface area contributed by atoms with E-state index in [4.69, 9.17) is 0 Å². The summed E-state index contributed by atoms with van der Waals surface area (Å²) in [5.74, 6) is 0. The molecule has 1 amide bonds. The van der Waals surface area contributed by atoms with E-state index in [1.807, 2.05) is 45.0 Å². The van der Waals surface area contributed by atoms with E-state index in [0.717, 1.165) is 10.9 Å². The Morgan fingerprint density at radius 1 is 1.44 bits per heavy atom. The summed E-state index contributed by atoms with van der Waals surface area (Å²) in [4.78, 5) is 12.6. The van der Waals surface area contributed by atoms with Crippen molar-refractivity contribution in [3.05, 3.63) is 29.8 Å². The zero-order valence-electron chi connectivity index (χ0n) is 9.70. The van der Waals surface area contributed by atoms with Crippen molar-refractivity contribution in [3.8, 4) is 0 Å². The summed E-state index contributed by atoms with van der Waals surface area (Å²) in [6, 6.07) is 7.52. The van der Waals surface area contributed by atoms with Gasteiger partial charge in [0.2, 0.25) is 0 Å². The van der Waals surface area contributed by atoms with Crippen LogP contribution in [0.25, 0.3) is 0 Å². The smallest absolute Gasteiger partial charge is 0.412 e. The topological polar surface area (TPSA) is 40.5 Å². The molecule has 0 atom stereocenters. The predicted octanol–water partition coefficient (Wildman–Crippen LogP) is 3.86. The second kappa shape index (κ2) is 4.87. The third-order valence-electron chi connectivity index (χ3n) is 2.19. The summed E-state index contributed by atoms with van der Waals surface area (Å²) >= 11 is 3.36. The molecule has 0 radical (unpaired) electrons. The molecule has 0 aliphatic carbocycles. The molecule has 0 saturated heterocycles. The first-order valence-electron chi connectivity index (χ1n) is 5.04. The molecule has 0 spiro atoms. The molecule has 88 valence electrons. The van der Waals surface area contributed by atoms with Crippen molar-refractivity contribution < 1.29 is 9.90 Å². The van der Waals surface area contributed by atoms with Crippen LogP contribution in [0.4, 0.5) is 10.5 Å². The van der Waals surface area contributed by atoms with Crippen LogP contribution in [-0.4, -0.2) is 16.7 Å². The van der Waals surface area contributed by atoms with E-state index in [2.05, 4.69) is 15.9 Å². The molecule has 4 heteroatoms. The molecule has 1 aromatic rings. The van der Waals surface area contributed by atoms with Gasteiger partial charge in [-0.15, -0.1) is 0 Å². The minimum absolute atomic E-state index is 0.448. The Morgan fingerprint density at radius 2 is 2.06 bits per heavy atom. The molecule has 16 heavy (non-hydrogen) atoms. The Morgan fingerprint density at radius 3 is 2.50 bits per heavy atom. The Hall–Kier alpha value is -1.03. The van der Waals surface area contributed by atoms with E-state index in [9.17, 15) is 9.90 Å². The second-order valence-electron chi connectivity index (χ2n) is 4.59. The summed E-state index contributed by atoms with van der Waals surface area (Å²) < 4.78 is 0. The van der Waals surface area contributed by atoms with Crippen molar-refractivity contribution in [3.63, 3.8) is 0 Å². The van der Waals surface area contributed by atoms with Gasteiger partial charge in [0.25, 0.3) is 0 Å². The van der Waals surface area contributed by atoms with E-state index >= 15 is 0 Å². The number of hydrogen-bond acceptors (Lipinski definition) is 1. The predicted molar refractivity (Wildman–Crippen MR) is 69.3 cm³/mol. The highest BCUT2D eigenvalue weighted by molar-refractivity contribution is 9.08. The molecule has 3 nitrogen and oxygen atoms in total. The average Bonchev–Trinajstić information content (AvgIpc) is 2.15. The van der Waals surface area contributed by atoms with Crippen LogP contribution in [0.3, 0.4) is 0 Å². The SMILES string of the molecule is CC(C)(C)N(C(=O)O)c1cccc(CBr)c1. The molecular weight excluding hydrogens is 270 g/mol. The molecule has 0 saturated carbocycles. The van der Waals surface area contributed by atoms with Crippen molar-refractivity contribution in [1.82, 2.24) is 0 Å². The second-order valence-corrected chi connectivity index (χ2v) is 5.15. The van der Waals surface area contributed by atoms with Crippen molar-refractivity contribution >= 4 is 27.7 Å². The van der Waals surface area contributed by atoms with E-state index in [1.165, 1.54) is 4.90 Å². The monoisotopic (exact) mass is 285 g/mol. The molecular formula is C12H16BrNO2. The van der Waals surface area contributed by atoms with Crippen LogP contribution in [0.5, 0.6) is 0 Å². The lowest BCUT2D eigenvalue weighted by Gasteiger charge is -2.33. The van der Waals surface area contributed by atoms with Crippen molar-refractivity contribution in [2.75, 3.05) is 4.90 Å². The first-order valence-corrected chi connectivity index (χ1v) is 6.16. The third-order valence-corrected chi connectivity index (χ3v) is 2.83. The lowest BCUT2D eigenvalue weighted by molar-refractivity contribution is 0.195. The molecule has 0 aliphatic rings. The van der Waals surface area contributed by atoms with Crippen molar-refractivity contribution in [2.45, 2.75) is 31.6 Å². The summed E-state index contributed by atoms with van der Waals surface area (Å²) in [5.41, 5.74) is 1.32. The maximum atomic E-state index is 11.3. The first-order chi connectivity index (χ1) is 7.36. The lowest BCUT2D eigenvalue weighted by atomic mass is 10.0. The van der Waals surface area contributed by atoms with Crippen molar-refractivity contribution in [1.29, 1.82) is 0 Å². The minimum Gasteiger partial charge on any atom is -0.465 e. The maximum Gasteiger partial charge on any atom is 0.412 e. The molecule has 1 N–H and O–H groups in total. The summed E-state index contributed by atoms with van der Waals surface area (Å²) in [6.07, 6.45) is -0.931. The highest BCUT2D eigenvalue weighted by Crippen LogP contribution is 2.25. The molecule has 0 unspecified atom stereocenters. The summed E-state index contributed by atoms with van der Waals surface area (Å²) in [6.45, 7) is 5.63. The van der Waals surface area contributed by atoms with Gasteiger partial charge in [-0.25, -0.2) is 4.79 Å². The summed E-state index contributed by atoms with van der Waals surface area (Å²) in [5, 5.41) is 9.96. The van der Waals surface area contributed by atoms with Crippen LogP contribution in [0.1, 0.15) is 26.3 Å². The van der Waals surface area contributed by atoms with Crippen LogP contribution in [-0.2, 0) is 5.33 Å². The fourth-order valence-electron chi connectivity index (χ4n) is 1.56. The van der Waals surface area contributed by atoms with Gasteiger partial charge in [0, 0.05) is 16.6 Å². The number of hydrogen-bond donors (Lipinski definition) is 1. The van der Waals surface area contributed by atoms with Crippen LogP contribution in [0, 0.1) is 0 Å². The molecule has 1 aromatic carbocycles. The van der Waals surface area contributed by atoms with E-state index in [-0.39, 0.29) is 0 Å². The van der Waals surface area contributed by atoms with Gasteiger partial charge in [0.05, 0.1) is 0 Å². The molecule has 1 rings (SSSR count). The number of nitrogens with zero attached hydrogens (tertiary/aromatic N) is 1. The highest BCUT2D eigenvalue weighted by atomic mass is 79.9. The van der Waals surface area contributed by atoms with Gasteiger partial charge >= 0.3 is 6.09 Å². The molecule has 0 bridgehead atoms. The average molecular weight is 286 g/mol. The van der Waals surface area contributed by atoms with Crippen LogP contribution < -0.4 is 4.90 Å². The number of rotatable bonds is 2. The Labute approximate surface area is 104 Å². The van der Waals surface area contributed by atoms with Gasteiger partial charge in [-0.1, -0.05) is 28.1 Å². The number of alkyl halides is 1. The van der Waals surface area contributed by atoms with Crippen LogP contribution in [0.15, 0.2) is 24.3 Å². The Kier molecular flexibility index (Phi) is 3.97. The third kappa shape index (κ3) is 2.98. The number of carbonyl (C=O) groups is 1. The quantitative estimate of drug-likeness (QED) is 0.838. The van der Waals surface area contributed by atoms with Gasteiger partial charge in [0.1, 0.15) is 0 Å². The number of carboxylic acid groups (broad SMARTS) is 1. The van der Waals surface area contributed by atoms with E-state index in [0.29, 0.717) is 5.69 Å². The zero-order valence-corrected chi connectivity index (χ0v) is 11.3. The van der Waals surface area contributed by atoms with Gasteiger partial charge in [-0.05, 0) is 38.5 Å². The van der Waals surface area contributed by atoms with Gasteiger partial charge < -0.3 is 5.11 Å². The number of amides is 1. The molecule has 0 heterocycles. The maximum absolute atomic E-state index is 11.3. The first kappa shape index (κ1) is 13.0. The molecule has 0 aromatic heterocycles. The van der Waals surface area contributed by atoms with Crippen LogP contribution >= 0.6 is 15.9 Å². The largest absolute Gasteiger partial charge is 0.465 e. The lowest BCUT2D eigenvalue weighted by Crippen LogP contribution is -2.45. The van der Waals surface area contributed by atoms with Gasteiger partial charge in [-0.3, -0.25) is 4.90 Å². The number of benzene rings is 1. The summed E-state index contributed by atoms with van der Waals surface area (Å²) in [7, 11) is 0.